The fourth-order valence-electron chi connectivity index (χ4n) is 3.22. The van der Waals surface area contributed by atoms with Gasteiger partial charge in [0.05, 0.1) is 12.2 Å². The fourth-order valence-corrected chi connectivity index (χ4v) is 3.86. The summed E-state index contributed by atoms with van der Waals surface area (Å²) in [6, 6.07) is 0. The van der Waals surface area contributed by atoms with Gasteiger partial charge in [-0.2, -0.15) is 0 Å². The summed E-state index contributed by atoms with van der Waals surface area (Å²) < 4.78 is 5.86. The molecule has 2 fully saturated rings. The lowest BCUT2D eigenvalue weighted by Crippen LogP contribution is -2.29. The van der Waals surface area contributed by atoms with E-state index < -0.39 is 0 Å². The lowest BCUT2D eigenvalue weighted by molar-refractivity contribution is -0.109. The highest BCUT2D eigenvalue weighted by Gasteiger charge is 2.47. The Kier molecular flexibility index (Phi) is 4.88. The van der Waals surface area contributed by atoms with Gasteiger partial charge in [0.25, 0.3) is 0 Å². The van der Waals surface area contributed by atoms with Crippen molar-refractivity contribution in [1.82, 2.24) is 0 Å². The van der Waals surface area contributed by atoms with Crippen LogP contribution >= 0.6 is 11.8 Å². The molecule has 0 aromatic rings. The van der Waals surface area contributed by atoms with Gasteiger partial charge in [-0.25, -0.2) is 0 Å². The second kappa shape index (κ2) is 6.21. The molecule has 0 amide bonds. The van der Waals surface area contributed by atoms with Crippen LogP contribution in [0.2, 0.25) is 0 Å². The first-order valence-corrected chi connectivity index (χ1v) is 7.60. The minimum atomic E-state index is 0.210. The summed E-state index contributed by atoms with van der Waals surface area (Å²) in [5.41, 5.74) is 0. The highest BCUT2D eigenvalue weighted by Crippen LogP contribution is 2.45. The van der Waals surface area contributed by atoms with Crippen molar-refractivity contribution in [2.24, 2.45) is 11.8 Å². The molecule has 2 rings (SSSR count). The standard InChI is InChI=1S/C13H22O3S/c1-9(15)17-7-3-2-4-10-11(8-14)13-6-5-12(10)16-13/h10-14H,2-8H2,1H3/t10-,11+,12-,13+/m0/s1. The van der Waals surface area contributed by atoms with Crippen LogP contribution in [0.4, 0.5) is 0 Å². The van der Waals surface area contributed by atoms with Gasteiger partial charge >= 0.3 is 0 Å². The molecule has 2 aliphatic heterocycles. The molecule has 0 radical (unpaired) electrons. The molecule has 98 valence electrons. The van der Waals surface area contributed by atoms with Gasteiger partial charge in [0.1, 0.15) is 0 Å². The number of aliphatic hydroxyl groups is 1. The van der Waals surface area contributed by atoms with Gasteiger partial charge in [-0.05, 0) is 31.6 Å². The molecule has 4 heteroatoms. The summed E-state index contributed by atoms with van der Waals surface area (Å²) in [6.07, 6.45) is 6.41. The minimum absolute atomic E-state index is 0.210. The smallest absolute Gasteiger partial charge is 0.185 e. The highest BCUT2D eigenvalue weighted by atomic mass is 32.2. The van der Waals surface area contributed by atoms with E-state index in [4.69, 9.17) is 4.74 Å². The number of carbonyl (C=O) groups is 1. The van der Waals surface area contributed by atoms with Crippen molar-refractivity contribution in [2.75, 3.05) is 12.4 Å². The minimum Gasteiger partial charge on any atom is -0.396 e. The Labute approximate surface area is 107 Å². The molecule has 0 spiro atoms. The predicted octanol–water partition coefficient (Wildman–Crippen LogP) is 2.22. The van der Waals surface area contributed by atoms with Crippen molar-refractivity contribution >= 4 is 16.9 Å². The second-order valence-electron chi connectivity index (χ2n) is 5.14. The van der Waals surface area contributed by atoms with E-state index in [-0.39, 0.29) is 11.7 Å². The van der Waals surface area contributed by atoms with E-state index in [1.54, 1.807) is 6.92 Å². The van der Waals surface area contributed by atoms with Crippen molar-refractivity contribution in [1.29, 1.82) is 0 Å². The summed E-state index contributed by atoms with van der Waals surface area (Å²) >= 11 is 1.42. The van der Waals surface area contributed by atoms with Crippen LogP contribution in [0.1, 0.15) is 39.0 Å². The van der Waals surface area contributed by atoms with E-state index in [2.05, 4.69) is 0 Å². The number of fused-ring (bicyclic) bond motifs is 2. The second-order valence-corrected chi connectivity index (χ2v) is 6.41. The van der Waals surface area contributed by atoms with Crippen LogP contribution in [0, 0.1) is 11.8 Å². The Balaban J connectivity index is 1.66. The summed E-state index contributed by atoms with van der Waals surface area (Å²) in [6.45, 7) is 1.89. The van der Waals surface area contributed by atoms with Gasteiger partial charge in [-0.3, -0.25) is 4.79 Å². The number of thioether (sulfide) groups is 1. The third-order valence-electron chi connectivity index (χ3n) is 4.04. The van der Waals surface area contributed by atoms with Crippen LogP contribution < -0.4 is 0 Å². The Morgan fingerprint density at radius 1 is 1.29 bits per heavy atom. The first-order chi connectivity index (χ1) is 8.22. The van der Waals surface area contributed by atoms with Crippen molar-refractivity contribution in [3.63, 3.8) is 0 Å². The number of rotatable bonds is 6. The zero-order valence-electron chi connectivity index (χ0n) is 10.4. The maximum absolute atomic E-state index is 10.8. The zero-order valence-corrected chi connectivity index (χ0v) is 11.2. The Morgan fingerprint density at radius 3 is 2.65 bits per heavy atom. The van der Waals surface area contributed by atoms with Gasteiger partial charge in [-0.15, -0.1) is 0 Å². The Morgan fingerprint density at radius 2 is 2.00 bits per heavy atom. The molecule has 0 aromatic heterocycles. The van der Waals surface area contributed by atoms with Gasteiger partial charge in [0, 0.05) is 25.2 Å². The summed E-state index contributed by atoms with van der Waals surface area (Å²) in [4.78, 5) is 10.8. The molecular weight excluding hydrogens is 236 g/mol. The number of hydrogen-bond donors (Lipinski definition) is 1. The topological polar surface area (TPSA) is 46.5 Å². The number of aliphatic hydroxyl groups excluding tert-OH is 1. The van der Waals surface area contributed by atoms with Crippen molar-refractivity contribution < 1.29 is 14.6 Å². The molecule has 2 saturated heterocycles. The molecular formula is C13H22O3S. The van der Waals surface area contributed by atoms with E-state index in [1.165, 1.54) is 18.2 Å². The summed E-state index contributed by atoms with van der Waals surface area (Å²) in [5.74, 6) is 1.86. The van der Waals surface area contributed by atoms with Crippen LogP contribution in [0.5, 0.6) is 0 Å². The van der Waals surface area contributed by atoms with Gasteiger partial charge < -0.3 is 9.84 Å². The molecule has 3 nitrogen and oxygen atoms in total. The quantitative estimate of drug-likeness (QED) is 0.742. The SMILES string of the molecule is CC(=O)SCCCC[C@H]1[C@@H](CO)[C@H]2CC[C@@H]1O2. The summed E-state index contributed by atoms with van der Waals surface area (Å²) in [5, 5.41) is 9.61. The average molecular weight is 258 g/mol. The maximum Gasteiger partial charge on any atom is 0.185 e. The van der Waals surface area contributed by atoms with Gasteiger partial charge in [0.2, 0.25) is 0 Å². The number of unbranched alkanes of at least 4 members (excludes halogenated alkanes) is 1. The van der Waals surface area contributed by atoms with Gasteiger partial charge in [0.15, 0.2) is 5.12 Å². The molecule has 17 heavy (non-hydrogen) atoms. The molecule has 0 aromatic carbocycles. The molecule has 0 aliphatic carbocycles. The van der Waals surface area contributed by atoms with Crippen molar-refractivity contribution in [2.45, 2.75) is 51.2 Å². The molecule has 0 saturated carbocycles. The average Bonchev–Trinajstić information content (AvgIpc) is 2.88. The monoisotopic (exact) mass is 258 g/mol. The molecule has 0 unspecified atom stereocenters. The van der Waals surface area contributed by atoms with E-state index in [1.807, 2.05) is 0 Å². The lowest BCUT2D eigenvalue weighted by atomic mass is 9.77. The first kappa shape index (κ1) is 13.4. The van der Waals surface area contributed by atoms with E-state index in [9.17, 15) is 9.90 Å². The third kappa shape index (κ3) is 3.24. The fraction of sp³-hybridized carbons (Fsp3) is 0.923. The highest BCUT2D eigenvalue weighted by molar-refractivity contribution is 8.13. The van der Waals surface area contributed by atoms with E-state index in [0.29, 0.717) is 24.0 Å². The predicted molar refractivity (Wildman–Crippen MR) is 69.0 cm³/mol. The normalized spacial score (nSPS) is 35.4. The maximum atomic E-state index is 10.8. The lowest BCUT2D eigenvalue weighted by Gasteiger charge is -2.26. The Bertz CT molecular complexity index is 269. The van der Waals surface area contributed by atoms with Crippen LogP contribution in [-0.2, 0) is 9.53 Å². The number of carbonyl (C=O) groups excluding carboxylic acids is 1. The number of ether oxygens (including phenoxy) is 1. The molecule has 4 atom stereocenters. The Hall–Kier alpha value is -0.0600. The van der Waals surface area contributed by atoms with Crippen LogP contribution in [0.3, 0.4) is 0 Å². The molecule has 2 bridgehead atoms. The van der Waals surface area contributed by atoms with Crippen LogP contribution in [0.25, 0.3) is 0 Å². The largest absolute Gasteiger partial charge is 0.396 e. The summed E-state index contributed by atoms with van der Waals surface area (Å²) in [7, 11) is 0. The number of hydrogen-bond acceptors (Lipinski definition) is 4. The van der Waals surface area contributed by atoms with Gasteiger partial charge in [-0.1, -0.05) is 18.2 Å². The molecule has 2 aliphatic rings. The van der Waals surface area contributed by atoms with E-state index >= 15 is 0 Å². The van der Waals surface area contributed by atoms with Crippen LogP contribution in [0.15, 0.2) is 0 Å². The molecule has 1 N–H and O–H groups in total. The zero-order chi connectivity index (χ0) is 12.3. The van der Waals surface area contributed by atoms with E-state index in [0.717, 1.165) is 31.4 Å². The molecule has 2 heterocycles. The first-order valence-electron chi connectivity index (χ1n) is 6.62. The van der Waals surface area contributed by atoms with Crippen molar-refractivity contribution in [3.05, 3.63) is 0 Å². The third-order valence-corrected chi connectivity index (χ3v) is 4.94. The van der Waals surface area contributed by atoms with Crippen molar-refractivity contribution in [3.8, 4) is 0 Å². The van der Waals surface area contributed by atoms with Crippen LogP contribution in [-0.4, -0.2) is 34.8 Å².